The van der Waals surface area contributed by atoms with Crippen LogP contribution in [0.25, 0.3) is 0 Å². The molecule has 9 heteroatoms. The quantitative estimate of drug-likeness (QED) is 0.463. The first-order chi connectivity index (χ1) is 11.1. The molecule has 0 saturated heterocycles. The average Bonchev–Trinajstić information content (AvgIpc) is 3.00. The number of ether oxygens (including phenoxy) is 2. The maximum absolute atomic E-state index is 12.1. The zero-order valence-electron chi connectivity index (χ0n) is 12.5. The van der Waals surface area contributed by atoms with Gasteiger partial charge in [-0.05, 0) is 19.1 Å². The molecule has 0 fully saturated rings. The first kappa shape index (κ1) is 17.2. The molecule has 0 bridgehead atoms. The molecule has 1 N–H and O–H groups in total. The van der Waals surface area contributed by atoms with Gasteiger partial charge in [-0.3, -0.25) is 14.9 Å². The number of hydrogen-bond acceptors (Lipinski definition) is 8. The number of benzene rings is 1. The minimum atomic E-state index is -0.674. The summed E-state index contributed by atoms with van der Waals surface area (Å²) in [6.45, 7) is 1.65. The molecule has 0 spiro atoms. The Bertz CT molecular complexity index is 663. The van der Waals surface area contributed by atoms with Gasteiger partial charge >= 0.3 is 5.97 Å². The molecule has 1 atom stereocenters. The van der Waals surface area contributed by atoms with Crippen LogP contribution in [-0.4, -0.2) is 41.0 Å². The van der Waals surface area contributed by atoms with E-state index >= 15 is 0 Å². The number of methoxy groups -OCH3 is 1. The second kappa shape index (κ2) is 8.49. The number of thioether (sulfide) groups is 1. The summed E-state index contributed by atoms with van der Waals surface area (Å²) in [7, 11) is 1.32. The maximum atomic E-state index is 12.1. The van der Waals surface area contributed by atoms with E-state index in [2.05, 4.69) is 20.3 Å². The Morgan fingerprint density at radius 3 is 2.74 bits per heavy atom. The second-order valence-electron chi connectivity index (χ2n) is 4.30. The molecule has 0 radical (unpaired) electrons. The fourth-order valence-corrected chi connectivity index (χ4v) is 3.05. The highest BCUT2D eigenvalue weighted by Gasteiger charge is 2.17. The summed E-state index contributed by atoms with van der Waals surface area (Å²) in [6.07, 6.45) is -0.674. The third-order valence-electron chi connectivity index (χ3n) is 2.60. The third kappa shape index (κ3) is 5.53. The molecule has 122 valence electrons. The van der Waals surface area contributed by atoms with Crippen LogP contribution in [0.5, 0.6) is 5.75 Å². The van der Waals surface area contributed by atoms with Crippen molar-refractivity contribution >= 4 is 40.1 Å². The number of nitrogens with zero attached hydrogens (tertiary/aromatic N) is 2. The lowest BCUT2D eigenvalue weighted by Gasteiger charge is -2.13. The molecule has 0 aliphatic rings. The molecular formula is C14H15N3O4S2. The van der Waals surface area contributed by atoms with E-state index in [1.165, 1.54) is 30.2 Å². The van der Waals surface area contributed by atoms with E-state index in [-0.39, 0.29) is 17.6 Å². The normalized spacial score (nSPS) is 11.6. The summed E-state index contributed by atoms with van der Waals surface area (Å²) in [4.78, 5) is 23.1. The lowest BCUT2D eigenvalue weighted by molar-refractivity contribution is -0.137. The van der Waals surface area contributed by atoms with Crippen LogP contribution >= 0.6 is 23.1 Å². The maximum Gasteiger partial charge on any atom is 0.316 e. The van der Waals surface area contributed by atoms with Crippen molar-refractivity contribution in [3.05, 3.63) is 30.3 Å². The first-order valence-corrected chi connectivity index (χ1v) is 8.44. The number of amides is 1. The summed E-state index contributed by atoms with van der Waals surface area (Å²) in [5, 5.41) is 10.7. The summed E-state index contributed by atoms with van der Waals surface area (Å²) >= 11 is 2.38. The standard InChI is InChI=1S/C14H15N3O4S2/c1-9(21-10-6-4-3-5-7-10)12(19)15-13-16-17-14(23-13)22-8-11(18)20-2/h3-7,9H,8H2,1-2H3,(H,15,16,19)/t9-/m0/s1. The Labute approximate surface area is 141 Å². The number of rotatable bonds is 7. The molecule has 0 aliphatic heterocycles. The van der Waals surface area contributed by atoms with Crippen molar-refractivity contribution in [2.45, 2.75) is 17.4 Å². The minimum absolute atomic E-state index is 0.145. The molecule has 23 heavy (non-hydrogen) atoms. The van der Waals surface area contributed by atoms with Gasteiger partial charge < -0.3 is 9.47 Å². The largest absolute Gasteiger partial charge is 0.481 e. The predicted molar refractivity (Wildman–Crippen MR) is 87.8 cm³/mol. The number of hydrogen-bond donors (Lipinski definition) is 1. The van der Waals surface area contributed by atoms with E-state index < -0.39 is 6.10 Å². The molecule has 2 rings (SSSR count). The highest BCUT2D eigenvalue weighted by molar-refractivity contribution is 8.01. The third-order valence-corrected chi connectivity index (χ3v) is 4.55. The smallest absolute Gasteiger partial charge is 0.316 e. The Morgan fingerprint density at radius 1 is 1.30 bits per heavy atom. The van der Waals surface area contributed by atoms with Gasteiger partial charge in [0.15, 0.2) is 10.4 Å². The second-order valence-corrected chi connectivity index (χ2v) is 6.50. The Morgan fingerprint density at radius 2 is 2.04 bits per heavy atom. The predicted octanol–water partition coefficient (Wildman–Crippen LogP) is 2.21. The van der Waals surface area contributed by atoms with Gasteiger partial charge in [-0.15, -0.1) is 10.2 Å². The van der Waals surface area contributed by atoms with Gasteiger partial charge in [0.2, 0.25) is 5.13 Å². The SMILES string of the molecule is COC(=O)CSc1nnc(NC(=O)[C@H](C)Oc2ccccc2)s1. The molecule has 1 amide bonds. The number of carbonyl (C=O) groups excluding carboxylic acids is 2. The lowest BCUT2D eigenvalue weighted by atomic mass is 10.3. The zero-order chi connectivity index (χ0) is 16.7. The zero-order valence-corrected chi connectivity index (χ0v) is 14.1. The molecular weight excluding hydrogens is 338 g/mol. The number of esters is 1. The van der Waals surface area contributed by atoms with Crippen LogP contribution in [0.1, 0.15) is 6.92 Å². The number of para-hydroxylation sites is 1. The van der Waals surface area contributed by atoms with Crippen LogP contribution in [0.2, 0.25) is 0 Å². The molecule has 1 aromatic carbocycles. The molecule has 2 aromatic rings. The summed E-state index contributed by atoms with van der Waals surface area (Å²) in [6, 6.07) is 9.07. The lowest BCUT2D eigenvalue weighted by Crippen LogP contribution is -2.30. The van der Waals surface area contributed by atoms with Crippen LogP contribution in [0, 0.1) is 0 Å². The van der Waals surface area contributed by atoms with Gasteiger partial charge in [0, 0.05) is 0 Å². The number of aromatic nitrogens is 2. The highest BCUT2D eigenvalue weighted by atomic mass is 32.2. The monoisotopic (exact) mass is 353 g/mol. The van der Waals surface area contributed by atoms with Crippen molar-refractivity contribution in [3.63, 3.8) is 0 Å². The van der Waals surface area contributed by atoms with Gasteiger partial charge in [-0.2, -0.15) is 0 Å². The van der Waals surface area contributed by atoms with E-state index in [0.717, 1.165) is 0 Å². The Hall–Kier alpha value is -2.13. The highest BCUT2D eigenvalue weighted by Crippen LogP contribution is 2.25. The summed E-state index contributed by atoms with van der Waals surface area (Å²) in [5.74, 6) is 0.0870. The van der Waals surface area contributed by atoms with Crippen molar-refractivity contribution < 1.29 is 19.1 Å². The van der Waals surface area contributed by atoms with E-state index in [4.69, 9.17) is 4.74 Å². The van der Waals surface area contributed by atoms with Crippen molar-refractivity contribution in [1.82, 2.24) is 10.2 Å². The van der Waals surface area contributed by atoms with Crippen molar-refractivity contribution in [2.24, 2.45) is 0 Å². The molecule has 0 saturated carbocycles. The van der Waals surface area contributed by atoms with Gasteiger partial charge in [0.25, 0.3) is 5.91 Å². The van der Waals surface area contributed by atoms with E-state index in [1.54, 1.807) is 19.1 Å². The van der Waals surface area contributed by atoms with Gasteiger partial charge in [0.1, 0.15) is 5.75 Å². The first-order valence-electron chi connectivity index (χ1n) is 6.64. The minimum Gasteiger partial charge on any atom is -0.481 e. The van der Waals surface area contributed by atoms with Gasteiger partial charge in [-0.1, -0.05) is 41.3 Å². The Balaban J connectivity index is 1.85. The number of nitrogens with one attached hydrogen (secondary N) is 1. The van der Waals surface area contributed by atoms with E-state index in [0.29, 0.717) is 15.2 Å². The fraction of sp³-hybridized carbons (Fsp3) is 0.286. The van der Waals surface area contributed by atoms with E-state index in [1.807, 2.05) is 18.2 Å². The number of carbonyl (C=O) groups is 2. The van der Waals surface area contributed by atoms with Crippen LogP contribution in [0.4, 0.5) is 5.13 Å². The summed E-state index contributed by atoms with van der Waals surface area (Å²) in [5.41, 5.74) is 0. The molecule has 0 aliphatic carbocycles. The van der Waals surface area contributed by atoms with Crippen molar-refractivity contribution in [3.8, 4) is 5.75 Å². The van der Waals surface area contributed by atoms with Crippen molar-refractivity contribution in [1.29, 1.82) is 0 Å². The molecule has 1 heterocycles. The van der Waals surface area contributed by atoms with Gasteiger partial charge in [-0.25, -0.2) is 0 Å². The number of anilines is 1. The fourth-order valence-electron chi connectivity index (χ4n) is 1.46. The van der Waals surface area contributed by atoms with Crippen LogP contribution in [-0.2, 0) is 14.3 Å². The topological polar surface area (TPSA) is 90.4 Å². The van der Waals surface area contributed by atoms with Crippen LogP contribution < -0.4 is 10.1 Å². The summed E-state index contributed by atoms with van der Waals surface area (Å²) < 4.78 is 10.6. The van der Waals surface area contributed by atoms with Gasteiger partial charge in [0.05, 0.1) is 12.9 Å². The van der Waals surface area contributed by atoms with Crippen molar-refractivity contribution in [2.75, 3.05) is 18.2 Å². The molecule has 7 nitrogen and oxygen atoms in total. The average molecular weight is 353 g/mol. The molecule has 0 unspecified atom stereocenters. The van der Waals surface area contributed by atoms with E-state index in [9.17, 15) is 9.59 Å². The molecule has 1 aromatic heterocycles. The van der Waals surface area contributed by atoms with Crippen LogP contribution in [0.3, 0.4) is 0 Å². The Kier molecular flexibility index (Phi) is 6.36. The van der Waals surface area contributed by atoms with Crippen LogP contribution in [0.15, 0.2) is 34.7 Å².